The van der Waals surface area contributed by atoms with E-state index in [1.807, 2.05) is 6.92 Å². The molecule has 0 aliphatic heterocycles. The first kappa shape index (κ1) is 31.4. The number of carbonyl (C=O) groups is 4. The largest absolute Gasteiger partial charge is 0.494 e. The molecule has 0 spiro atoms. The zero-order valence-corrected chi connectivity index (χ0v) is 25.3. The Balaban J connectivity index is 1.36. The molecule has 0 heterocycles. The van der Waals surface area contributed by atoms with Crippen LogP contribution in [-0.2, 0) is 9.59 Å². The first-order valence-corrected chi connectivity index (χ1v) is 14.9. The van der Waals surface area contributed by atoms with Crippen molar-refractivity contribution in [1.82, 2.24) is 10.7 Å². The van der Waals surface area contributed by atoms with Gasteiger partial charge in [0.25, 0.3) is 5.91 Å². The number of nitrogens with one attached hydrogen (secondary N) is 3. The lowest BCUT2D eigenvalue weighted by Crippen LogP contribution is -2.37. The Morgan fingerprint density at radius 2 is 1.70 bits per heavy atom. The van der Waals surface area contributed by atoms with E-state index in [0.717, 1.165) is 38.5 Å². The first-order chi connectivity index (χ1) is 20.8. The second-order valence-corrected chi connectivity index (χ2v) is 10.9. The summed E-state index contributed by atoms with van der Waals surface area (Å²) in [5.41, 5.74) is 3.35. The number of ether oxygens (including phenoxy) is 2. The quantitative estimate of drug-likeness (QED) is 0.0860. The van der Waals surface area contributed by atoms with Crippen molar-refractivity contribution >= 4 is 51.5 Å². The average Bonchev–Trinajstić information content (AvgIpc) is 3.02. The highest BCUT2D eigenvalue weighted by atomic mass is 79.9. The Morgan fingerprint density at radius 1 is 0.953 bits per heavy atom. The van der Waals surface area contributed by atoms with E-state index in [0.29, 0.717) is 28.0 Å². The van der Waals surface area contributed by atoms with E-state index in [-0.39, 0.29) is 28.9 Å². The number of amides is 3. The van der Waals surface area contributed by atoms with Gasteiger partial charge < -0.3 is 20.1 Å². The van der Waals surface area contributed by atoms with Crippen LogP contribution >= 0.6 is 15.9 Å². The molecule has 4 rings (SSSR count). The monoisotopic (exact) mass is 648 g/mol. The third-order valence-electron chi connectivity index (χ3n) is 6.67. The minimum Gasteiger partial charge on any atom is -0.494 e. The standard InChI is InChI=1S/C32H33BrN4O6/c1-2-18-42-25-15-12-21(13-16-25)32(41)43-28-17-14-23(33)19-22(28)20-34-37-31(40)30(39)36-27-11-7-6-10-26(27)29(38)35-24-8-4-3-5-9-24/h6-7,10-17,19-20,24H,2-5,8-9,18H2,1H3,(H,35,38)(H,36,39)(H,37,40)/b34-20-. The lowest BCUT2D eigenvalue weighted by atomic mass is 9.95. The maximum atomic E-state index is 12.9. The average molecular weight is 650 g/mol. The molecule has 3 aromatic rings. The van der Waals surface area contributed by atoms with Crippen LogP contribution in [0.1, 0.15) is 71.7 Å². The van der Waals surface area contributed by atoms with E-state index in [1.165, 1.54) is 6.21 Å². The summed E-state index contributed by atoms with van der Waals surface area (Å²) in [6, 6.07) is 18.1. The zero-order chi connectivity index (χ0) is 30.6. The van der Waals surface area contributed by atoms with E-state index < -0.39 is 17.8 Å². The summed E-state index contributed by atoms with van der Waals surface area (Å²) in [7, 11) is 0. The van der Waals surface area contributed by atoms with Crippen LogP contribution in [0.4, 0.5) is 5.69 Å². The summed E-state index contributed by atoms with van der Waals surface area (Å²) < 4.78 is 11.8. The van der Waals surface area contributed by atoms with Crippen molar-refractivity contribution in [1.29, 1.82) is 0 Å². The highest BCUT2D eigenvalue weighted by Crippen LogP contribution is 2.24. The number of anilines is 1. The molecule has 1 saturated carbocycles. The van der Waals surface area contributed by atoms with E-state index in [2.05, 4.69) is 37.1 Å². The fourth-order valence-electron chi connectivity index (χ4n) is 4.47. The minimum absolute atomic E-state index is 0.0931. The SMILES string of the molecule is CCCOc1ccc(C(=O)Oc2ccc(Br)cc2/C=N\NC(=O)C(=O)Nc2ccccc2C(=O)NC2CCCCC2)cc1. The topological polar surface area (TPSA) is 135 Å². The van der Waals surface area contributed by atoms with Gasteiger partial charge in [-0.25, -0.2) is 10.2 Å². The Labute approximate surface area is 258 Å². The molecule has 1 fully saturated rings. The van der Waals surface area contributed by atoms with E-state index in [9.17, 15) is 19.2 Å². The lowest BCUT2D eigenvalue weighted by Gasteiger charge is -2.23. The maximum Gasteiger partial charge on any atom is 0.343 e. The third-order valence-corrected chi connectivity index (χ3v) is 7.17. The predicted molar refractivity (Wildman–Crippen MR) is 166 cm³/mol. The minimum atomic E-state index is -1.04. The lowest BCUT2D eigenvalue weighted by molar-refractivity contribution is -0.136. The maximum absolute atomic E-state index is 12.9. The third kappa shape index (κ3) is 9.24. The molecular weight excluding hydrogens is 616 g/mol. The van der Waals surface area contributed by atoms with Crippen molar-refractivity contribution in [2.24, 2.45) is 5.10 Å². The van der Waals surface area contributed by atoms with Crippen LogP contribution in [0, 0.1) is 0 Å². The predicted octanol–water partition coefficient (Wildman–Crippen LogP) is 5.61. The van der Waals surface area contributed by atoms with Crippen LogP contribution in [0.2, 0.25) is 0 Å². The van der Waals surface area contributed by atoms with Crippen molar-refractivity contribution in [2.75, 3.05) is 11.9 Å². The molecule has 0 aromatic heterocycles. The smallest absolute Gasteiger partial charge is 0.343 e. The van der Waals surface area contributed by atoms with Crippen LogP contribution in [0.25, 0.3) is 0 Å². The van der Waals surface area contributed by atoms with E-state index in [1.54, 1.807) is 66.7 Å². The second-order valence-electron chi connectivity index (χ2n) is 9.95. The summed E-state index contributed by atoms with van der Waals surface area (Å²) in [6.07, 6.45) is 7.26. The van der Waals surface area contributed by atoms with E-state index >= 15 is 0 Å². The molecule has 1 aliphatic rings. The van der Waals surface area contributed by atoms with Gasteiger partial charge in [-0.2, -0.15) is 5.10 Å². The number of hydrogen-bond acceptors (Lipinski definition) is 7. The van der Waals surface area contributed by atoms with Gasteiger partial charge in [-0.05, 0) is 73.9 Å². The van der Waals surface area contributed by atoms with Gasteiger partial charge in [0, 0.05) is 16.1 Å². The van der Waals surface area contributed by atoms with Crippen LogP contribution in [-0.4, -0.2) is 42.6 Å². The molecule has 10 nitrogen and oxygen atoms in total. The number of carbonyl (C=O) groups excluding carboxylic acids is 4. The Morgan fingerprint density at radius 3 is 2.44 bits per heavy atom. The summed E-state index contributed by atoms with van der Waals surface area (Å²) in [5, 5.41) is 9.37. The number of hydrogen-bond donors (Lipinski definition) is 3. The van der Waals surface area contributed by atoms with Gasteiger partial charge in [0.05, 0.1) is 29.6 Å². The van der Waals surface area contributed by atoms with E-state index in [4.69, 9.17) is 9.47 Å². The molecule has 11 heteroatoms. The number of rotatable bonds is 10. The van der Waals surface area contributed by atoms with Crippen LogP contribution in [0.3, 0.4) is 0 Å². The van der Waals surface area contributed by atoms with Crippen LogP contribution in [0.15, 0.2) is 76.3 Å². The van der Waals surface area contributed by atoms with Gasteiger partial charge in [-0.15, -0.1) is 0 Å². The normalized spacial score (nSPS) is 13.3. The Hall–Kier alpha value is -4.51. The summed E-state index contributed by atoms with van der Waals surface area (Å²) in [5.74, 6) is -2.09. The molecule has 0 bridgehead atoms. The molecule has 224 valence electrons. The molecule has 0 unspecified atom stereocenters. The molecule has 0 atom stereocenters. The van der Waals surface area contributed by atoms with Crippen LogP contribution in [0.5, 0.6) is 11.5 Å². The van der Waals surface area contributed by atoms with Gasteiger partial charge in [0.1, 0.15) is 11.5 Å². The van der Waals surface area contributed by atoms with Gasteiger partial charge in [0.15, 0.2) is 0 Å². The molecule has 0 saturated heterocycles. The van der Waals surface area contributed by atoms with Crippen molar-refractivity contribution < 1.29 is 28.7 Å². The molecule has 0 radical (unpaired) electrons. The Kier molecular flexibility index (Phi) is 11.4. The van der Waals surface area contributed by atoms with Crippen molar-refractivity contribution in [3.63, 3.8) is 0 Å². The van der Waals surface area contributed by atoms with Crippen LogP contribution < -0.4 is 25.5 Å². The number of nitrogens with zero attached hydrogens (tertiary/aromatic N) is 1. The molecule has 43 heavy (non-hydrogen) atoms. The first-order valence-electron chi connectivity index (χ1n) is 14.1. The second kappa shape index (κ2) is 15.6. The molecule has 1 aliphatic carbocycles. The number of esters is 1. The summed E-state index contributed by atoms with van der Waals surface area (Å²) >= 11 is 3.37. The van der Waals surface area contributed by atoms with Gasteiger partial charge >= 0.3 is 17.8 Å². The fraction of sp³-hybridized carbons (Fsp3) is 0.281. The van der Waals surface area contributed by atoms with Gasteiger partial charge in [-0.1, -0.05) is 54.2 Å². The highest BCUT2D eigenvalue weighted by molar-refractivity contribution is 9.10. The number of hydrazone groups is 1. The Bertz CT molecular complexity index is 1490. The van der Waals surface area contributed by atoms with Crippen molar-refractivity contribution in [2.45, 2.75) is 51.5 Å². The number of para-hydroxylation sites is 1. The highest BCUT2D eigenvalue weighted by Gasteiger charge is 2.21. The molecular formula is C32H33BrN4O6. The van der Waals surface area contributed by atoms with Crippen molar-refractivity contribution in [3.05, 3.63) is 87.9 Å². The number of benzene rings is 3. The fourth-order valence-corrected chi connectivity index (χ4v) is 4.85. The van der Waals surface area contributed by atoms with Gasteiger partial charge in [0.2, 0.25) is 0 Å². The molecule has 3 amide bonds. The molecule has 3 aromatic carbocycles. The zero-order valence-electron chi connectivity index (χ0n) is 23.7. The number of halogens is 1. The summed E-state index contributed by atoms with van der Waals surface area (Å²) in [4.78, 5) is 50.7. The van der Waals surface area contributed by atoms with Gasteiger partial charge in [-0.3, -0.25) is 14.4 Å². The summed E-state index contributed by atoms with van der Waals surface area (Å²) in [6.45, 7) is 2.58. The molecule has 3 N–H and O–H groups in total. The van der Waals surface area contributed by atoms with Crippen molar-refractivity contribution in [3.8, 4) is 11.5 Å².